The van der Waals surface area contributed by atoms with Gasteiger partial charge in [0.2, 0.25) is 0 Å². The van der Waals surface area contributed by atoms with Crippen LogP contribution >= 0.6 is 11.6 Å². The Labute approximate surface area is 128 Å². The molecule has 2 aromatic rings. The largest absolute Gasteiger partial charge is 0.494 e. The standard InChI is InChI=1S/C15H19ClN2O3/c1-4-21-15(19)10(2)18-11-6-5-7-12(20-3)14(11)17-13(18)8-9-16/h5-7,10H,4,8-9H2,1-3H3. The summed E-state index contributed by atoms with van der Waals surface area (Å²) in [6.45, 7) is 3.94. The van der Waals surface area contributed by atoms with Crippen LogP contribution in [0.4, 0.5) is 0 Å². The Kier molecular flexibility index (Phi) is 5.07. The normalized spacial score (nSPS) is 12.4. The van der Waals surface area contributed by atoms with Crippen LogP contribution in [0.15, 0.2) is 18.2 Å². The highest BCUT2D eigenvalue weighted by Crippen LogP contribution is 2.29. The summed E-state index contributed by atoms with van der Waals surface area (Å²) in [5.74, 6) is 1.58. The molecule has 0 saturated carbocycles. The Morgan fingerprint density at radius 2 is 2.24 bits per heavy atom. The molecule has 0 amide bonds. The Bertz CT molecular complexity index is 639. The summed E-state index contributed by atoms with van der Waals surface area (Å²) in [6.07, 6.45) is 0.573. The molecule has 21 heavy (non-hydrogen) atoms. The number of aromatic nitrogens is 2. The van der Waals surface area contributed by atoms with Crippen LogP contribution in [-0.4, -0.2) is 35.1 Å². The monoisotopic (exact) mass is 310 g/mol. The van der Waals surface area contributed by atoms with Crippen molar-refractivity contribution >= 4 is 28.6 Å². The second-order valence-corrected chi connectivity index (χ2v) is 4.97. The number of hydrogen-bond acceptors (Lipinski definition) is 4. The number of nitrogens with zero attached hydrogens (tertiary/aromatic N) is 2. The predicted molar refractivity (Wildman–Crippen MR) is 82.1 cm³/mol. The molecule has 0 aliphatic rings. The lowest BCUT2D eigenvalue weighted by molar-refractivity contribution is -0.146. The molecule has 0 aliphatic heterocycles. The highest BCUT2D eigenvalue weighted by molar-refractivity contribution is 6.17. The van der Waals surface area contributed by atoms with Gasteiger partial charge in [0.1, 0.15) is 23.1 Å². The van der Waals surface area contributed by atoms with Gasteiger partial charge in [-0.15, -0.1) is 11.6 Å². The highest BCUT2D eigenvalue weighted by Gasteiger charge is 2.23. The number of carbonyl (C=O) groups excluding carboxylic acids is 1. The third-order valence-corrected chi connectivity index (χ3v) is 3.50. The lowest BCUT2D eigenvalue weighted by Gasteiger charge is -2.16. The van der Waals surface area contributed by atoms with Crippen LogP contribution in [0.2, 0.25) is 0 Å². The number of imidazole rings is 1. The SMILES string of the molecule is CCOC(=O)C(C)n1c(CCCl)nc2c(OC)cccc21. The van der Waals surface area contributed by atoms with Crippen molar-refractivity contribution in [2.24, 2.45) is 0 Å². The van der Waals surface area contributed by atoms with Gasteiger partial charge in [0.25, 0.3) is 0 Å². The minimum absolute atomic E-state index is 0.282. The van der Waals surface area contributed by atoms with Gasteiger partial charge in [-0.25, -0.2) is 9.78 Å². The fourth-order valence-corrected chi connectivity index (χ4v) is 2.53. The number of methoxy groups -OCH3 is 1. The van der Waals surface area contributed by atoms with Crippen LogP contribution in [0.1, 0.15) is 25.7 Å². The van der Waals surface area contributed by atoms with Gasteiger partial charge in [-0.05, 0) is 26.0 Å². The van der Waals surface area contributed by atoms with Crippen molar-refractivity contribution in [2.45, 2.75) is 26.3 Å². The number of rotatable bonds is 6. The number of esters is 1. The van der Waals surface area contributed by atoms with Crippen molar-refractivity contribution in [3.8, 4) is 5.75 Å². The molecule has 0 bridgehead atoms. The Balaban J connectivity index is 2.58. The van der Waals surface area contributed by atoms with E-state index in [2.05, 4.69) is 4.98 Å². The molecule has 0 radical (unpaired) electrons. The molecule has 1 atom stereocenters. The zero-order valence-corrected chi connectivity index (χ0v) is 13.2. The number of aryl methyl sites for hydroxylation is 1. The maximum atomic E-state index is 12.1. The van der Waals surface area contributed by atoms with E-state index in [1.54, 1.807) is 21.0 Å². The number of hydrogen-bond donors (Lipinski definition) is 0. The second-order valence-electron chi connectivity index (χ2n) is 4.59. The molecule has 0 saturated heterocycles. The number of alkyl halides is 1. The van der Waals surface area contributed by atoms with Crippen molar-refractivity contribution in [2.75, 3.05) is 19.6 Å². The number of ether oxygens (including phenoxy) is 2. The van der Waals surface area contributed by atoms with Gasteiger partial charge in [0.15, 0.2) is 0 Å². The molecule has 5 nitrogen and oxygen atoms in total. The van der Waals surface area contributed by atoms with Gasteiger partial charge in [-0.1, -0.05) is 6.07 Å². The zero-order chi connectivity index (χ0) is 15.4. The molecule has 1 aromatic carbocycles. The first-order valence-electron chi connectivity index (χ1n) is 6.90. The molecule has 0 fully saturated rings. The van der Waals surface area contributed by atoms with E-state index in [0.29, 0.717) is 24.7 Å². The van der Waals surface area contributed by atoms with Gasteiger partial charge in [0, 0.05) is 12.3 Å². The van der Waals surface area contributed by atoms with Crippen LogP contribution in [0.3, 0.4) is 0 Å². The van der Waals surface area contributed by atoms with E-state index < -0.39 is 6.04 Å². The Morgan fingerprint density at radius 1 is 1.48 bits per heavy atom. The van der Waals surface area contributed by atoms with Crippen molar-refractivity contribution < 1.29 is 14.3 Å². The number of halogens is 1. The lowest BCUT2D eigenvalue weighted by Crippen LogP contribution is -2.21. The fraction of sp³-hybridized carbons (Fsp3) is 0.467. The first-order valence-corrected chi connectivity index (χ1v) is 7.43. The van der Waals surface area contributed by atoms with Crippen molar-refractivity contribution in [3.05, 3.63) is 24.0 Å². The van der Waals surface area contributed by atoms with Crippen molar-refractivity contribution in [1.29, 1.82) is 0 Å². The smallest absolute Gasteiger partial charge is 0.328 e. The fourth-order valence-electron chi connectivity index (χ4n) is 2.37. The maximum Gasteiger partial charge on any atom is 0.328 e. The molecule has 114 valence electrons. The van der Waals surface area contributed by atoms with Crippen molar-refractivity contribution in [1.82, 2.24) is 9.55 Å². The van der Waals surface area contributed by atoms with Crippen molar-refractivity contribution in [3.63, 3.8) is 0 Å². The van der Waals surface area contributed by atoms with E-state index in [1.165, 1.54) is 0 Å². The molecule has 1 heterocycles. The molecule has 0 N–H and O–H groups in total. The number of carbonyl (C=O) groups is 1. The molecular formula is C15H19ClN2O3. The third-order valence-electron chi connectivity index (χ3n) is 3.31. The highest BCUT2D eigenvalue weighted by atomic mass is 35.5. The topological polar surface area (TPSA) is 53.4 Å². The van der Waals surface area contributed by atoms with Gasteiger partial charge in [-0.3, -0.25) is 0 Å². The number of fused-ring (bicyclic) bond motifs is 1. The van der Waals surface area contributed by atoms with Gasteiger partial charge in [0.05, 0.1) is 19.2 Å². The van der Waals surface area contributed by atoms with Gasteiger partial charge >= 0.3 is 5.97 Å². The summed E-state index contributed by atoms with van der Waals surface area (Å²) in [4.78, 5) is 16.6. The van der Waals surface area contributed by atoms with Crippen LogP contribution in [-0.2, 0) is 16.0 Å². The zero-order valence-electron chi connectivity index (χ0n) is 12.4. The van der Waals surface area contributed by atoms with Gasteiger partial charge < -0.3 is 14.0 Å². The first-order chi connectivity index (χ1) is 10.1. The van der Waals surface area contributed by atoms with E-state index in [-0.39, 0.29) is 5.97 Å². The summed E-state index contributed by atoms with van der Waals surface area (Å²) < 4.78 is 12.3. The maximum absolute atomic E-state index is 12.1. The summed E-state index contributed by atoms with van der Waals surface area (Å²) >= 11 is 5.85. The average Bonchev–Trinajstić information content (AvgIpc) is 2.85. The molecule has 1 unspecified atom stereocenters. The molecule has 0 aliphatic carbocycles. The third kappa shape index (κ3) is 2.97. The Hall–Kier alpha value is -1.75. The summed E-state index contributed by atoms with van der Waals surface area (Å²) in [6, 6.07) is 5.18. The van der Waals surface area contributed by atoms with E-state index in [0.717, 1.165) is 16.9 Å². The molecule has 0 spiro atoms. The summed E-state index contributed by atoms with van der Waals surface area (Å²) in [5, 5.41) is 0. The lowest BCUT2D eigenvalue weighted by atomic mass is 10.2. The molecule has 6 heteroatoms. The quantitative estimate of drug-likeness (QED) is 0.608. The van der Waals surface area contributed by atoms with Crippen LogP contribution in [0.5, 0.6) is 5.75 Å². The van der Waals surface area contributed by atoms with E-state index in [4.69, 9.17) is 21.1 Å². The van der Waals surface area contributed by atoms with E-state index in [1.807, 2.05) is 22.8 Å². The molecular weight excluding hydrogens is 292 g/mol. The predicted octanol–water partition coefficient (Wildman–Crippen LogP) is 2.95. The van der Waals surface area contributed by atoms with Crippen LogP contribution < -0.4 is 4.74 Å². The molecule has 2 rings (SSSR count). The van der Waals surface area contributed by atoms with Crippen LogP contribution in [0, 0.1) is 0 Å². The second kappa shape index (κ2) is 6.80. The minimum atomic E-state index is -0.458. The summed E-state index contributed by atoms with van der Waals surface area (Å²) in [5.41, 5.74) is 1.58. The first kappa shape index (κ1) is 15.6. The Morgan fingerprint density at radius 3 is 2.86 bits per heavy atom. The average molecular weight is 311 g/mol. The minimum Gasteiger partial charge on any atom is -0.494 e. The molecule has 1 aromatic heterocycles. The summed E-state index contributed by atoms with van der Waals surface area (Å²) in [7, 11) is 1.60. The van der Waals surface area contributed by atoms with Crippen LogP contribution in [0.25, 0.3) is 11.0 Å². The number of para-hydroxylation sites is 1. The van der Waals surface area contributed by atoms with E-state index >= 15 is 0 Å². The van der Waals surface area contributed by atoms with Gasteiger partial charge in [-0.2, -0.15) is 0 Å². The number of benzene rings is 1. The van der Waals surface area contributed by atoms with E-state index in [9.17, 15) is 4.79 Å².